The molecule has 0 atom stereocenters. The molecule has 8 heteroatoms. The van der Waals surface area contributed by atoms with E-state index in [1.165, 1.54) is 6.92 Å². The average Bonchev–Trinajstić information content (AvgIpc) is 2.68. The maximum atomic E-state index is 11.1. The Bertz CT molecular complexity index is 1010. The molecule has 3 aromatic rings. The summed E-state index contributed by atoms with van der Waals surface area (Å²) in [7, 11) is 3.19. The molecule has 3 N–H and O–H groups in total. The molecule has 0 radical (unpaired) electrons. The van der Waals surface area contributed by atoms with E-state index in [1.807, 2.05) is 55.5 Å². The van der Waals surface area contributed by atoms with Crippen molar-refractivity contribution in [3.63, 3.8) is 0 Å². The van der Waals surface area contributed by atoms with Gasteiger partial charge in [-0.3, -0.25) is 4.79 Å². The van der Waals surface area contributed by atoms with Gasteiger partial charge in [0.1, 0.15) is 17.5 Å². The maximum absolute atomic E-state index is 11.1. The number of hydrogen-bond acceptors (Lipinski definition) is 7. The van der Waals surface area contributed by atoms with Crippen LogP contribution in [0, 0.1) is 6.92 Å². The Morgan fingerprint density at radius 1 is 0.793 bits per heavy atom. The summed E-state index contributed by atoms with van der Waals surface area (Å²) < 4.78 is 10.6. The average molecular weight is 393 g/mol. The Balaban J connectivity index is 1.77. The summed E-state index contributed by atoms with van der Waals surface area (Å²) in [5, 5.41) is 9.23. The molecule has 0 aliphatic rings. The summed E-state index contributed by atoms with van der Waals surface area (Å²) in [6.45, 7) is 3.30. The highest BCUT2D eigenvalue weighted by atomic mass is 16.5. The van der Waals surface area contributed by atoms with Crippen LogP contribution in [0.15, 0.2) is 48.5 Å². The number of carbonyl (C=O) groups is 1. The number of amides is 1. The molecule has 0 saturated carbocycles. The lowest BCUT2D eigenvalue weighted by atomic mass is 10.2. The van der Waals surface area contributed by atoms with E-state index in [4.69, 9.17) is 9.47 Å². The van der Waals surface area contributed by atoms with Crippen LogP contribution < -0.4 is 25.4 Å². The van der Waals surface area contributed by atoms with Crippen molar-refractivity contribution in [3.8, 4) is 11.5 Å². The number of nitrogens with zero attached hydrogens (tertiary/aromatic N) is 2. The van der Waals surface area contributed by atoms with Crippen LogP contribution in [0.2, 0.25) is 0 Å². The minimum absolute atomic E-state index is 0.108. The number of aryl methyl sites for hydroxylation is 1. The van der Waals surface area contributed by atoms with E-state index in [1.54, 1.807) is 14.2 Å². The quantitative estimate of drug-likeness (QED) is 0.552. The Morgan fingerprint density at radius 2 is 1.34 bits per heavy atom. The first-order valence-corrected chi connectivity index (χ1v) is 8.96. The number of hydrogen-bond donors (Lipinski definition) is 3. The first kappa shape index (κ1) is 19.9. The van der Waals surface area contributed by atoms with Gasteiger partial charge < -0.3 is 25.4 Å². The van der Waals surface area contributed by atoms with Gasteiger partial charge in [-0.05, 0) is 43.3 Å². The first-order valence-electron chi connectivity index (χ1n) is 8.96. The number of ether oxygens (including phenoxy) is 2. The lowest BCUT2D eigenvalue weighted by Crippen LogP contribution is -2.05. The second-order valence-corrected chi connectivity index (χ2v) is 6.26. The summed E-state index contributed by atoms with van der Waals surface area (Å²) in [6.07, 6.45) is 0. The molecule has 0 aliphatic heterocycles. The number of benzene rings is 2. The molecule has 1 amide bonds. The molecule has 0 bridgehead atoms. The lowest BCUT2D eigenvalue weighted by molar-refractivity contribution is -0.114. The highest BCUT2D eigenvalue weighted by Gasteiger charge is 2.07. The van der Waals surface area contributed by atoms with E-state index in [2.05, 4.69) is 25.9 Å². The number of nitrogens with one attached hydrogen (secondary N) is 3. The zero-order valence-electron chi connectivity index (χ0n) is 16.7. The second kappa shape index (κ2) is 8.92. The zero-order chi connectivity index (χ0) is 20.8. The lowest BCUT2D eigenvalue weighted by Gasteiger charge is -2.13. The summed E-state index contributed by atoms with van der Waals surface area (Å²) in [4.78, 5) is 20.0. The number of aromatic nitrogens is 2. The number of anilines is 5. The predicted molar refractivity (Wildman–Crippen MR) is 114 cm³/mol. The molecule has 150 valence electrons. The summed E-state index contributed by atoms with van der Waals surface area (Å²) >= 11 is 0. The van der Waals surface area contributed by atoms with E-state index < -0.39 is 0 Å². The van der Waals surface area contributed by atoms with Crippen molar-refractivity contribution in [2.24, 2.45) is 0 Å². The van der Waals surface area contributed by atoms with Gasteiger partial charge in [-0.25, -0.2) is 9.97 Å². The van der Waals surface area contributed by atoms with Crippen LogP contribution in [0.25, 0.3) is 0 Å². The van der Waals surface area contributed by atoms with Crippen molar-refractivity contribution in [3.05, 3.63) is 54.4 Å². The van der Waals surface area contributed by atoms with Crippen LogP contribution in [0.1, 0.15) is 12.7 Å². The topological polar surface area (TPSA) is 97.4 Å². The number of methoxy groups -OCH3 is 2. The molecule has 1 heterocycles. The second-order valence-electron chi connectivity index (χ2n) is 6.26. The predicted octanol–water partition coefficient (Wildman–Crippen LogP) is 4.25. The standard InChI is InChI=1S/C21H23N5O3/c1-13-22-20(25-16-7-5-15(6-8-16)24-14(2)27)12-21(23-13)26-17-9-10-18(28-3)19(11-17)29-4/h5-12H,1-4H3,(H,24,27)(H2,22,23,25,26). The van der Waals surface area contributed by atoms with Gasteiger partial charge >= 0.3 is 0 Å². The molecular formula is C21H23N5O3. The van der Waals surface area contributed by atoms with E-state index in [0.29, 0.717) is 29.0 Å². The minimum atomic E-state index is -0.108. The molecule has 0 spiro atoms. The summed E-state index contributed by atoms with van der Waals surface area (Å²) in [5.74, 6) is 3.08. The van der Waals surface area contributed by atoms with Gasteiger partial charge in [0, 0.05) is 36.1 Å². The monoisotopic (exact) mass is 393 g/mol. The first-order chi connectivity index (χ1) is 14.0. The third kappa shape index (κ3) is 5.35. The smallest absolute Gasteiger partial charge is 0.221 e. The van der Waals surface area contributed by atoms with Crippen molar-refractivity contribution in [2.45, 2.75) is 13.8 Å². The Labute approximate surface area is 169 Å². The van der Waals surface area contributed by atoms with Crippen molar-refractivity contribution in [1.82, 2.24) is 9.97 Å². The molecule has 0 saturated heterocycles. The van der Waals surface area contributed by atoms with Gasteiger partial charge in [-0.1, -0.05) is 0 Å². The molecule has 1 aromatic heterocycles. The molecule has 0 unspecified atom stereocenters. The molecule has 8 nitrogen and oxygen atoms in total. The van der Waals surface area contributed by atoms with Gasteiger partial charge in [0.15, 0.2) is 11.5 Å². The van der Waals surface area contributed by atoms with Gasteiger partial charge in [0.25, 0.3) is 0 Å². The molecule has 2 aromatic carbocycles. The highest BCUT2D eigenvalue weighted by Crippen LogP contribution is 2.31. The normalized spacial score (nSPS) is 10.2. The third-order valence-corrected chi connectivity index (χ3v) is 3.97. The van der Waals surface area contributed by atoms with Crippen LogP contribution in [0.5, 0.6) is 11.5 Å². The van der Waals surface area contributed by atoms with Crippen molar-refractivity contribution >= 4 is 34.6 Å². The minimum Gasteiger partial charge on any atom is -0.493 e. The number of rotatable bonds is 7. The Hall–Kier alpha value is -3.81. The number of carbonyl (C=O) groups excluding carboxylic acids is 1. The molecule has 0 aliphatic carbocycles. The Kier molecular flexibility index (Phi) is 6.13. The Morgan fingerprint density at radius 3 is 1.93 bits per heavy atom. The van der Waals surface area contributed by atoms with Gasteiger partial charge in [0.05, 0.1) is 14.2 Å². The fraction of sp³-hybridized carbons (Fsp3) is 0.190. The van der Waals surface area contributed by atoms with E-state index in [0.717, 1.165) is 17.1 Å². The highest BCUT2D eigenvalue weighted by molar-refractivity contribution is 5.88. The van der Waals surface area contributed by atoms with Crippen LogP contribution in [-0.2, 0) is 4.79 Å². The molecule has 3 rings (SSSR count). The van der Waals surface area contributed by atoms with Crippen molar-refractivity contribution in [1.29, 1.82) is 0 Å². The third-order valence-electron chi connectivity index (χ3n) is 3.97. The summed E-state index contributed by atoms with van der Waals surface area (Å²) in [5.41, 5.74) is 2.39. The van der Waals surface area contributed by atoms with E-state index in [-0.39, 0.29) is 5.91 Å². The van der Waals surface area contributed by atoms with E-state index >= 15 is 0 Å². The van der Waals surface area contributed by atoms with E-state index in [9.17, 15) is 4.79 Å². The SMILES string of the molecule is COc1ccc(Nc2cc(Nc3ccc(NC(C)=O)cc3)nc(C)n2)cc1OC. The molecule has 29 heavy (non-hydrogen) atoms. The van der Waals surface area contributed by atoms with Crippen LogP contribution in [0.3, 0.4) is 0 Å². The van der Waals surface area contributed by atoms with Crippen LogP contribution in [-0.4, -0.2) is 30.1 Å². The van der Waals surface area contributed by atoms with Crippen molar-refractivity contribution in [2.75, 3.05) is 30.2 Å². The van der Waals surface area contributed by atoms with Gasteiger partial charge in [0.2, 0.25) is 5.91 Å². The fourth-order valence-corrected chi connectivity index (χ4v) is 2.75. The van der Waals surface area contributed by atoms with Crippen LogP contribution >= 0.6 is 0 Å². The summed E-state index contributed by atoms with van der Waals surface area (Å²) in [6, 6.07) is 14.7. The zero-order valence-corrected chi connectivity index (χ0v) is 16.7. The maximum Gasteiger partial charge on any atom is 0.221 e. The fourth-order valence-electron chi connectivity index (χ4n) is 2.75. The molecular weight excluding hydrogens is 370 g/mol. The van der Waals surface area contributed by atoms with Gasteiger partial charge in [-0.2, -0.15) is 0 Å². The van der Waals surface area contributed by atoms with Crippen LogP contribution in [0.4, 0.5) is 28.7 Å². The van der Waals surface area contributed by atoms with Crippen molar-refractivity contribution < 1.29 is 14.3 Å². The van der Waals surface area contributed by atoms with Gasteiger partial charge in [-0.15, -0.1) is 0 Å². The molecule has 0 fully saturated rings. The largest absolute Gasteiger partial charge is 0.493 e.